The van der Waals surface area contributed by atoms with Gasteiger partial charge in [0.15, 0.2) is 0 Å². The van der Waals surface area contributed by atoms with Gasteiger partial charge in [-0.25, -0.2) is 0 Å². The molecule has 1 amide bonds. The normalized spacial score (nSPS) is 12.9. The zero-order chi connectivity index (χ0) is 14.4. The summed E-state index contributed by atoms with van der Waals surface area (Å²) in [6.45, 7) is 3.79. The first kappa shape index (κ1) is 16.0. The van der Waals surface area contributed by atoms with Crippen molar-refractivity contribution in [3.8, 4) is 0 Å². The summed E-state index contributed by atoms with van der Waals surface area (Å²) in [6, 6.07) is 4.88. The molecular weight excluding hydrogens is 285 g/mol. The van der Waals surface area contributed by atoms with E-state index >= 15 is 0 Å². The second-order valence-corrected chi connectivity index (χ2v) is 5.36. The number of carbonyl (C=O) groups excluding carboxylic acids is 1. The van der Waals surface area contributed by atoms with E-state index in [4.69, 9.17) is 28.3 Å². The molecule has 0 spiro atoms. The van der Waals surface area contributed by atoms with Crippen molar-refractivity contribution in [2.24, 2.45) is 5.92 Å². The number of nitrogens with one attached hydrogen (secondary N) is 1. The van der Waals surface area contributed by atoms with Gasteiger partial charge in [-0.05, 0) is 29.7 Å². The Labute approximate surface area is 123 Å². The second-order valence-electron chi connectivity index (χ2n) is 4.55. The first-order valence-electron chi connectivity index (χ1n) is 5.98. The lowest BCUT2D eigenvalue weighted by atomic mass is 10.1. The number of amides is 1. The summed E-state index contributed by atoms with van der Waals surface area (Å²) in [5, 5.41) is 12.8. The van der Waals surface area contributed by atoms with E-state index in [1.54, 1.807) is 24.3 Å². The van der Waals surface area contributed by atoms with Crippen LogP contribution in [0.3, 0.4) is 0 Å². The zero-order valence-electron chi connectivity index (χ0n) is 10.9. The number of rotatable bonds is 5. The third-order valence-corrected chi connectivity index (χ3v) is 3.44. The summed E-state index contributed by atoms with van der Waals surface area (Å²) in [6.07, 6.45) is 3.05. The first-order valence-corrected chi connectivity index (χ1v) is 6.74. The van der Waals surface area contributed by atoms with E-state index in [0.29, 0.717) is 10.0 Å². The predicted molar refractivity (Wildman–Crippen MR) is 79.4 cm³/mol. The van der Waals surface area contributed by atoms with Crippen LogP contribution in [0.2, 0.25) is 10.0 Å². The van der Waals surface area contributed by atoms with Crippen molar-refractivity contribution in [1.29, 1.82) is 0 Å². The summed E-state index contributed by atoms with van der Waals surface area (Å²) < 4.78 is 0. The molecule has 0 aliphatic rings. The van der Waals surface area contributed by atoms with Gasteiger partial charge in [0.1, 0.15) is 0 Å². The molecule has 0 bridgehead atoms. The Kier molecular flexibility index (Phi) is 6.35. The summed E-state index contributed by atoms with van der Waals surface area (Å²) in [5.74, 6) is -0.0776. The number of aliphatic hydroxyl groups excluding tert-OH is 1. The third-order valence-electron chi connectivity index (χ3n) is 2.70. The van der Waals surface area contributed by atoms with Crippen LogP contribution in [-0.2, 0) is 4.79 Å². The van der Waals surface area contributed by atoms with Crippen molar-refractivity contribution >= 4 is 35.2 Å². The number of hydrogen-bond donors (Lipinski definition) is 2. The lowest BCUT2D eigenvalue weighted by Gasteiger charge is -2.18. The Morgan fingerprint density at radius 2 is 2.05 bits per heavy atom. The van der Waals surface area contributed by atoms with Gasteiger partial charge in [-0.1, -0.05) is 43.1 Å². The predicted octanol–water partition coefficient (Wildman–Crippen LogP) is 3.14. The average Bonchev–Trinajstić information content (AvgIpc) is 2.37. The van der Waals surface area contributed by atoms with Crippen LogP contribution < -0.4 is 5.32 Å². The highest BCUT2D eigenvalue weighted by molar-refractivity contribution is 6.42. The molecule has 1 atom stereocenters. The maximum absolute atomic E-state index is 11.7. The van der Waals surface area contributed by atoms with E-state index in [1.807, 2.05) is 13.8 Å². The van der Waals surface area contributed by atoms with E-state index in [-0.39, 0.29) is 24.5 Å². The Bertz CT molecular complexity index is 473. The molecule has 1 rings (SSSR count). The van der Waals surface area contributed by atoms with E-state index in [2.05, 4.69) is 5.32 Å². The SMILES string of the molecule is CC(C)C(CO)NC(=O)C=Cc1ccc(Cl)c(Cl)c1. The summed E-state index contributed by atoms with van der Waals surface area (Å²) in [4.78, 5) is 11.7. The molecule has 0 saturated heterocycles. The van der Waals surface area contributed by atoms with Crippen molar-refractivity contribution < 1.29 is 9.90 Å². The van der Waals surface area contributed by atoms with Crippen molar-refractivity contribution in [1.82, 2.24) is 5.32 Å². The molecule has 1 unspecified atom stereocenters. The molecular formula is C14H17Cl2NO2. The van der Waals surface area contributed by atoms with E-state index in [0.717, 1.165) is 5.56 Å². The molecule has 104 valence electrons. The Balaban J connectivity index is 2.65. The topological polar surface area (TPSA) is 49.3 Å². The summed E-state index contributed by atoms with van der Waals surface area (Å²) in [5.41, 5.74) is 0.787. The standard InChI is InChI=1S/C14H17Cl2NO2/c1-9(2)13(8-18)17-14(19)6-4-10-3-5-11(15)12(16)7-10/h3-7,9,13,18H,8H2,1-2H3,(H,17,19). The van der Waals surface area contributed by atoms with Gasteiger partial charge in [0.2, 0.25) is 5.91 Å². The molecule has 0 fully saturated rings. The van der Waals surface area contributed by atoms with Gasteiger partial charge < -0.3 is 10.4 Å². The van der Waals surface area contributed by atoms with Crippen LogP contribution in [-0.4, -0.2) is 23.7 Å². The van der Waals surface area contributed by atoms with Crippen LogP contribution in [0.1, 0.15) is 19.4 Å². The molecule has 0 aliphatic heterocycles. The van der Waals surface area contributed by atoms with Gasteiger partial charge in [-0.15, -0.1) is 0 Å². The van der Waals surface area contributed by atoms with E-state index < -0.39 is 0 Å². The van der Waals surface area contributed by atoms with Crippen LogP contribution in [0.4, 0.5) is 0 Å². The Morgan fingerprint density at radius 3 is 2.58 bits per heavy atom. The highest BCUT2D eigenvalue weighted by Gasteiger charge is 2.13. The van der Waals surface area contributed by atoms with Gasteiger partial charge in [0, 0.05) is 6.08 Å². The van der Waals surface area contributed by atoms with Crippen LogP contribution in [0.15, 0.2) is 24.3 Å². The first-order chi connectivity index (χ1) is 8.93. The Hall–Kier alpha value is -1.03. The third kappa shape index (κ3) is 5.23. The Morgan fingerprint density at radius 1 is 1.37 bits per heavy atom. The number of aliphatic hydroxyl groups is 1. The molecule has 0 saturated carbocycles. The van der Waals surface area contributed by atoms with Gasteiger partial charge >= 0.3 is 0 Å². The number of hydrogen-bond acceptors (Lipinski definition) is 2. The lowest BCUT2D eigenvalue weighted by molar-refractivity contribution is -0.117. The molecule has 2 N–H and O–H groups in total. The zero-order valence-corrected chi connectivity index (χ0v) is 12.4. The monoisotopic (exact) mass is 301 g/mol. The molecule has 1 aromatic carbocycles. The molecule has 19 heavy (non-hydrogen) atoms. The summed E-state index contributed by atoms with van der Waals surface area (Å²) in [7, 11) is 0. The van der Waals surface area contributed by atoms with Gasteiger partial charge in [0.05, 0.1) is 22.7 Å². The minimum Gasteiger partial charge on any atom is -0.394 e. The number of carbonyl (C=O) groups is 1. The second kappa shape index (κ2) is 7.53. The lowest BCUT2D eigenvalue weighted by Crippen LogP contribution is -2.40. The average molecular weight is 302 g/mol. The van der Waals surface area contributed by atoms with Crippen molar-refractivity contribution in [2.45, 2.75) is 19.9 Å². The minimum atomic E-state index is -0.251. The largest absolute Gasteiger partial charge is 0.394 e. The molecule has 0 aliphatic carbocycles. The van der Waals surface area contributed by atoms with Crippen LogP contribution in [0, 0.1) is 5.92 Å². The smallest absolute Gasteiger partial charge is 0.244 e. The van der Waals surface area contributed by atoms with Crippen molar-refractivity contribution in [3.63, 3.8) is 0 Å². The molecule has 0 radical (unpaired) electrons. The molecule has 5 heteroatoms. The van der Waals surface area contributed by atoms with Crippen LogP contribution >= 0.6 is 23.2 Å². The van der Waals surface area contributed by atoms with E-state index in [9.17, 15) is 4.79 Å². The van der Waals surface area contributed by atoms with E-state index in [1.165, 1.54) is 6.08 Å². The fraction of sp³-hybridized carbons (Fsp3) is 0.357. The molecule has 0 heterocycles. The van der Waals surface area contributed by atoms with Crippen LogP contribution in [0.25, 0.3) is 6.08 Å². The number of benzene rings is 1. The maximum Gasteiger partial charge on any atom is 0.244 e. The van der Waals surface area contributed by atoms with Gasteiger partial charge in [0.25, 0.3) is 0 Å². The fourth-order valence-electron chi connectivity index (χ4n) is 1.44. The van der Waals surface area contributed by atoms with Crippen molar-refractivity contribution in [3.05, 3.63) is 39.9 Å². The highest BCUT2D eigenvalue weighted by Crippen LogP contribution is 2.23. The van der Waals surface area contributed by atoms with Gasteiger partial charge in [-0.3, -0.25) is 4.79 Å². The van der Waals surface area contributed by atoms with Gasteiger partial charge in [-0.2, -0.15) is 0 Å². The highest BCUT2D eigenvalue weighted by atomic mass is 35.5. The maximum atomic E-state index is 11.7. The fourth-order valence-corrected chi connectivity index (χ4v) is 1.75. The quantitative estimate of drug-likeness (QED) is 0.821. The molecule has 0 aromatic heterocycles. The van der Waals surface area contributed by atoms with Crippen LogP contribution in [0.5, 0.6) is 0 Å². The minimum absolute atomic E-state index is 0.0793. The summed E-state index contributed by atoms with van der Waals surface area (Å²) >= 11 is 11.7. The van der Waals surface area contributed by atoms with Crippen molar-refractivity contribution in [2.75, 3.05) is 6.61 Å². The molecule has 1 aromatic rings. The molecule has 3 nitrogen and oxygen atoms in total. The number of halogens is 2.